The molecule has 1 aromatic carbocycles. The van der Waals surface area contributed by atoms with Crippen molar-refractivity contribution in [2.75, 3.05) is 6.61 Å². The van der Waals surface area contributed by atoms with E-state index < -0.39 is 0 Å². The van der Waals surface area contributed by atoms with Crippen molar-refractivity contribution in [3.63, 3.8) is 0 Å². The minimum absolute atomic E-state index is 0.0211. The topological polar surface area (TPSA) is 35.5 Å². The zero-order chi connectivity index (χ0) is 17.2. The Labute approximate surface area is 146 Å². The third-order valence-electron chi connectivity index (χ3n) is 4.65. The van der Waals surface area contributed by atoms with E-state index in [1.807, 2.05) is 12.1 Å². The van der Waals surface area contributed by atoms with Gasteiger partial charge in [0.15, 0.2) is 0 Å². The third kappa shape index (κ3) is 5.70. The van der Waals surface area contributed by atoms with E-state index in [4.69, 9.17) is 9.47 Å². The summed E-state index contributed by atoms with van der Waals surface area (Å²) in [6, 6.07) is 8.19. The molecule has 2 rings (SSSR count). The molecule has 0 aromatic heterocycles. The number of carbonyl (C=O) groups excluding carboxylic acids is 1. The van der Waals surface area contributed by atoms with E-state index in [0.29, 0.717) is 18.9 Å². The summed E-state index contributed by atoms with van der Waals surface area (Å²) >= 11 is 0. The van der Waals surface area contributed by atoms with Crippen molar-refractivity contribution in [3.8, 4) is 5.75 Å². The van der Waals surface area contributed by atoms with Gasteiger partial charge in [-0.05, 0) is 43.4 Å². The number of esters is 1. The number of carbonyl (C=O) groups is 1. The van der Waals surface area contributed by atoms with Gasteiger partial charge in [-0.1, -0.05) is 51.0 Å². The van der Waals surface area contributed by atoms with Crippen LogP contribution in [-0.4, -0.2) is 18.7 Å². The highest BCUT2D eigenvalue weighted by Crippen LogP contribution is 2.36. The van der Waals surface area contributed by atoms with Gasteiger partial charge in [0.1, 0.15) is 18.5 Å². The molecule has 1 aliphatic carbocycles. The van der Waals surface area contributed by atoms with E-state index in [2.05, 4.69) is 25.6 Å². The maximum atomic E-state index is 12.1. The van der Waals surface area contributed by atoms with E-state index in [0.717, 1.165) is 44.3 Å². The van der Waals surface area contributed by atoms with Gasteiger partial charge in [-0.15, -0.1) is 0 Å². The van der Waals surface area contributed by atoms with Gasteiger partial charge in [-0.2, -0.15) is 0 Å². The lowest BCUT2D eigenvalue weighted by atomic mass is 9.81. The van der Waals surface area contributed by atoms with Crippen LogP contribution in [0.1, 0.15) is 69.8 Å². The molecule has 24 heavy (non-hydrogen) atoms. The van der Waals surface area contributed by atoms with Crippen molar-refractivity contribution in [3.05, 3.63) is 42.5 Å². The molecule has 0 aliphatic heterocycles. The molecule has 0 N–H and O–H groups in total. The van der Waals surface area contributed by atoms with Crippen molar-refractivity contribution < 1.29 is 14.3 Å². The molecule has 132 valence electrons. The predicted octanol–water partition coefficient (Wildman–Crippen LogP) is 5.40. The number of unbranched alkanes of at least 4 members (excludes halogenated alkanes) is 2. The molecule has 0 spiro atoms. The molecule has 3 heteroatoms. The first-order valence-electron chi connectivity index (χ1n) is 9.27. The van der Waals surface area contributed by atoms with Crippen molar-refractivity contribution in [2.24, 2.45) is 0 Å². The Bertz CT molecular complexity index is 506. The lowest BCUT2D eigenvalue weighted by Gasteiger charge is -2.31. The van der Waals surface area contributed by atoms with E-state index in [9.17, 15) is 4.79 Å². The zero-order valence-electron chi connectivity index (χ0n) is 14.8. The third-order valence-corrected chi connectivity index (χ3v) is 4.65. The first-order chi connectivity index (χ1) is 11.7. The molecule has 1 aliphatic rings. The van der Waals surface area contributed by atoms with Gasteiger partial charge in [-0.3, -0.25) is 4.79 Å². The zero-order valence-corrected chi connectivity index (χ0v) is 14.8. The monoisotopic (exact) mass is 330 g/mol. The van der Waals surface area contributed by atoms with E-state index in [-0.39, 0.29) is 12.1 Å². The van der Waals surface area contributed by atoms with Gasteiger partial charge in [-0.25, -0.2) is 0 Å². The fourth-order valence-corrected chi connectivity index (χ4v) is 3.33. The molecule has 3 nitrogen and oxygen atoms in total. The summed E-state index contributed by atoms with van der Waals surface area (Å²) in [4.78, 5) is 12.1. The number of hydrogen-bond donors (Lipinski definition) is 0. The highest BCUT2D eigenvalue weighted by Gasteiger charge is 2.29. The molecule has 2 atom stereocenters. The van der Waals surface area contributed by atoms with Crippen molar-refractivity contribution in [1.29, 1.82) is 0 Å². The number of ether oxygens (including phenoxy) is 2. The molecule has 0 heterocycles. The van der Waals surface area contributed by atoms with E-state index in [1.54, 1.807) is 6.08 Å². The molecular formula is C21H30O3. The maximum absolute atomic E-state index is 12.1. The van der Waals surface area contributed by atoms with Gasteiger partial charge in [0.2, 0.25) is 0 Å². The molecule has 1 saturated carbocycles. The summed E-state index contributed by atoms with van der Waals surface area (Å²) in [5, 5.41) is 0. The quantitative estimate of drug-likeness (QED) is 0.345. The molecule has 0 amide bonds. The minimum Gasteiger partial charge on any atom is -0.490 e. The Morgan fingerprint density at radius 1 is 1.21 bits per heavy atom. The second-order valence-corrected chi connectivity index (χ2v) is 6.55. The summed E-state index contributed by atoms with van der Waals surface area (Å²) in [6.07, 6.45) is 9.85. The summed E-state index contributed by atoms with van der Waals surface area (Å²) in [5.41, 5.74) is 1.24. The first-order valence-corrected chi connectivity index (χ1v) is 9.27. The lowest BCUT2D eigenvalue weighted by molar-refractivity contribution is -0.151. The van der Waals surface area contributed by atoms with Gasteiger partial charge < -0.3 is 9.47 Å². The molecule has 0 radical (unpaired) electrons. The number of rotatable bonds is 9. The average molecular weight is 330 g/mol. The van der Waals surface area contributed by atoms with Crippen LogP contribution >= 0.6 is 0 Å². The van der Waals surface area contributed by atoms with Gasteiger partial charge in [0.25, 0.3) is 0 Å². The van der Waals surface area contributed by atoms with Crippen LogP contribution in [0.25, 0.3) is 0 Å². The summed E-state index contributed by atoms with van der Waals surface area (Å²) in [6.45, 7) is 6.32. The van der Waals surface area contributed by atoms with Crippen LogP contribution in [0.4, 0.5) is 0 Å². The number of benzene rings is 1. The van der Waals surface area contributed by atoms with Crippen LogP contribution in [0.15, 0.2) is 36.9 Å². The smallest absolute Gasteiger partial charge is 0.306 e. The fraction of sp³-hybridized carbons (Fsp3) is 0.571. The second-order valence-electron chi connectivity index (χ2n) is 6.55. The van der Waals surface area contributed by atoms with Crippen LogP contribution < -0.4 is 4.74 Å². The Kier molecular flexibility index (Phi) is 7.87. The maximum Gasteiger partial charge on any atom is 0.306 e. The fourth-order valence-electron chi connectivity index (χ4n) is 3.33. The molecule has 0 unspecified atom stereocenters. The Balaban J connectivity index is 1.95. The summed E-state index contributed by atoms with van der Waals surface area (Å²) < 4.78 is 11.4. The van der Waals surface area contributed by atoms with Crippen molar-refractivity contribution >= 4 is 5.97 Å². The van der Waals surface area contributed by atoms with Crippen LogP contribution in [0.5, 0.6) is 5.75 Å². The van der Waals surface area contributed by atoms with Crippen LogP contribution in [0, 0.1) is 0 Å². The van der Waals surface area contributed by atoms with Crippen LogP contribution in [0.2, 0.25) is 0 Å². The van der Waals surface area contributed by atoms with Crippen LogP contribution in [0.3, 0.4) is 0 Å². The standard InChI is InChI=1S/C21H30O3/c1-3-5-6-11-21(22)24-20-10-8-7-9-19(20)17-12-14-18(15-13-17)23-16-4-2/h4,12-15,19-20H,2-3,5-11,16H2,1H3/t19-,20+/m0/s1. The van der Waals surface area contributed by atoms with Crippen molar-refractivity contribution in [2.45, 2.75) is 70.3 Å². The number of hydrogen-bond acceptors (Lipinski definition) is 3. The molecule has 0 bridgehead atoms. The van der Waals surface area contributed by atoms with E-state index in [1.165, 1.54) is 12.0 Å². The predicted molar refractivity (Wildman–Crippen MR) is 97.4 cm³/mol. The molecular weight excluding hydrogens is 300 g/mol. The second kappa shape index (κ2) is 10.2. The van der Waals surface area contributed by atoms with E-state index >= 15 is 0 Å². The Morgan fingerprint density at radius 2 is 1.96 bits per heavy atom. The molecule has 1 aromatic rings. The Morgan fingerprint density at radius 3 is 2.67 bits per heavy atom. The average Bonchev–Trinajstić information content (AvgIpc) is 2.61. The molecule has 1 fully saturated rings. The molecule has 0 saturated heterocycles. The van der Waals surface area contributed by atoms with Gasteiger partial charge >= 0.3 is 5.97 Å². The lowest BCUT2D eigenvalue weighted by Crippen LogP contribution is -2.28. The normalized spacial score (nSPS) is 20.4. The minimum atomic E-state index is -0.0358. The summed E-state index contributed by atoms with van der Waals surface area (Å²) in [7, 11) is 0. The summed E-state index contributed by atoms with van der Waals surface area (Å²) in [5.74, 6) is 1.12. The SMILES string of the molecule is C=CCOc1ccc([C@@H]2CCCC[C@H]2OC(=O)CCCCC)cc1. The first kappa shape index (κ1) is 18.6. The van der Waals surface area contributed by atoms with Gasteiger partial charge in [0.05, 0.1) is 0 Å². The van der Waals surface area contributed by atoms with Gasteiger partial charge in [0, 0.05) is 12.3 Å². The highest BCUT2D eigenvalue weighted by atomic mass is 16.5. The largest absolute Gasteiger partial charge is 0.490 e. The van der Waals surface area contributed by atoms with Crippen molar-refractivity contribution in [1.82, 2.24) is 0 Å². The Hall–Kier alpha value is -1.77. The van der Waals surface area contributed by atoms with Crippen LogP contribution in [-0.2, 0) is 9.53 Å². The highest BCUT2D eigenvalue weighted by molar-refractivity contribution is 5.69.